The van der Waals surface area contributed by atoms with Gasteiger partial charge in [0, 0.05) is 10.6 Å². The van der Waals surface area contributed by atoms with Crippen LogP contribution in [0.15, 0.2) is 28.4 Å². The molecule has 0 aromatic heterocycles. The quantitative estimate of drug-likeness (QED) is 0.475. The Kier molecular flexibility index (Phi) is 4.13. The molecule has 0 saturated carbocycles. The molecule has 86 valence electrons. The number of ether oxygens (including phenoxy) is 1. The Hall–Kier alpha value is -1.75. The van der Waals surface area contributed by atoms with Crippen LogP contribution in [0.3, 0.4) is 0 Å². The van der Waals surface area contributed by atoms with Crippen molar-refractivity contribution in [2.24, 2.45) is 21.7 Å². The average molecular weight is 241 g/mol. The number of methoxy groups -OCH3 is 1. The van der Waals surface area contributed by atoms with E-state index in [4.69, 9.17) is 27.8 Å². The summed E-state index contributed by atoms with van der Waals surface area (Å²) >= 11 is 5.88. The minimum Gasteiger partial charge on any atom is -0.496 e. The van der Waals surface area contributed by atoms with E-state index in [-0.39, 0.29) is 5.96 Å². The van der Waals surface area contributed by atoms with Crippen molar-refractivity contribution in [1.82, 2.24) is 0 Å². The van der Waals surface area contributed by atoms with Crippen LogP contribution >= 0.6 is 11.6 Å². The number of nitrogens with zero attached hydrogens (tertiary/aromatic N) is 2. The van der Waals surface area contributed by atoms with E-state index in [2.05, 4.69) is 10.2 Å². The normalized spacial score (nSPS) is 11.1. The molecule has 0 unspecified atom stereocenters. The van der Waals surface area contributed by atoms with Gasteiger partial charge in [-0.2, -0.15) is 5.10 Å². The van der Waals surface area contributed by atoms with E-state index in [0.29, 0.717) is 16.5 Å². The van der Waals surface area contributed by atoms with Gasteiger partial charge in [0.05, 0.1) is 12.8 Å². The zero-order valence-corrected chi connectivity index (χ0v) is 9.82. The molecule has 0 spiro atoms. The first-order chi connectivity index (χ1) is 7.54. The largest absolute Gasteiger partial charge is 0.496 e. The van der Waals surface area contributed by atoms with Crippen molar-refractivity contribution in [1.29, 1.82) is 0 Å². The standard InChI is InChI=1S/C10H13ClN4O/c1-6(14-15-10(12)13)8-5-7(11)3-4-9(8)16-2/h3-5H,1-2H3,(H4,12,13,15)/b14-6-. The Labute approximate surface area is 98.7 Å². The number of nitrogens with two attached hydrogens (primary N) is 2. The third kappa shape index (κ3) is 3.13. The lowest BCUT2D eigenvalue weighted by atomic mass is 10.1. The van der Waals surface area contributed by atoms with E-state index >= 15 is 0 Å². The number of benzene rings is 1. The average Bonchev–Trinajstić information content (AvgIpc) is 2.25. The number of hydrogen-bond donors (Lipinski definition) is 2. The Morgan fingerprint density at radius 2 is 2.00 bits per heavy atom. The highest BCUT2D eigenvalue weighted by molar-refractivity contribution is 6.31. The summed E-state index contributed by atoms with van der Waals surface area (Å²) in [5, 5.41) is 8.02. The van der Waals surface area contributed by atoms with Crippen LogP contribution in [0.2, 0.25) is 5.02 Å². The summed E-state index contributed by atoms with van der Waals surface area (Å²) in [7, 11) is 1.57. The maximum absolute atomic E-state index is 5.88. The van der Waals surface area contributed by atoms with Crippen LogP contribution in [0, 0.1) is 0 Å². The highest BCUT2D eigenvalue weighted by atomic mass is 35.5. The van der Waals surface area contributed by atoms with Gasteiger partial charge in [-0.1, -0.05) is 11.6 Å². The third-order valence-electron chi connectivity index (χ3n) is 1.87. The minimum absolute atomic E-state index is 0.0969. The van der Waals surface area contributed by atoms with Gasteiger partial charge in [0.2, 0.25) is 5.96 Å². The van der Waals surface area contributed by atoms with Gasteiger partial charge in [-0.25, -0.2) is 0 Å². The number of guanidine groups is 1. The van der Waals surface area contributed by atoms with Gasteiger partial charge in [0.25, 0.3) is 0 Å². The molecule has 0 aliphatic rings. The van der Waals surface area contributed by atoms with Gasteiger partial charge in [0.1, 0.15) is 5.75 Å². The maximum Gasteiger partial charge on any atom is 0.211 e. The van der Waals surface area contributed by atoms with Crippen LogP contribution in [-0.4, -0.2) is 18.8 Å². The van der Waals surface area contributed by atoms with E-state index in [1.54, 1.807) is 32.2 Å². The summed E-state index contributed by atoms with van der Waals surface area (Å²) in [6.45, 7) is 1.76. The monoisotopic (exact) mass is 240 g/mol. The molecule has 0 heterocycles. The highest BCUT2D eigenvalue weighted by Gasteiger charge is 2.06. The van der Waals surface area contributed by atoms with Crippen molar-refractivity contribution in [2.75, 3.05) is 7.11 Å². The van der Waals surface area contributed by atoms with E-state index in [1.165, 1.54) is 0 Å². The summed E-state index contributed by atoms with van der Waals surface area (Å²) in [4.78, 5) is 0. The van der Waals surface area contributed by atoms with Crippen LogP contribution in [0.1, 0.15) is 12.5 Å². The number of rotatable bonds is 3. The molecule has 0 fully saturated rings. The molecule has 0 radical (unpaired) electrons. The summed E-state index contributed by atoms with van der Waals surface area (Å²) in [6, 6.07) is 5.23. The molecule has 1 aromatic carbocycles. The van der Waals surface area contributed by atoms with Crippen molar-refractivity contribution in [3.05, 3.63) is 28.8 Å². The fraction of sp³-hybridized carbons (Fsp3) is 0.200. The molecule has 1 rings (SSSR count). The van der Waals surface area contributed by atoms with Crippen LogP contribution < -0.4 is 16.2 Å². The molecule has 0 aliphatic heterocycles. The second-order valence-electron chi connectivity index (χ2n) is 3.05. The Bertz CT molecular complexity index is 438. The predicted molar refractivity (Wildman–Crippen MR) is 66.0 cm³/mol. The summed E-state index contributed by atoms with van der Waals surface area (Å²) in [6.07, 6.45) is 0. The van der Waals surface area contributed by atoms with Gasteiger partial charge in [-0.3, -0.25) is 0 Å². The van der Waals surface area contributed by atoms with Crippen molar-refractivity contribution in [3.63, 3.8) is 0 Å². The SMILES string of the molecule is COc1ccc(Cl)cc1/C(C)=N\N=C(N)N. The molecule has 0 amide bonds. The number of hydrogen-bond acceptors (Lipinski definition) is 3. The fourth-order valence-electron chi connectivity index (χ4n) is 1.15. The lowest BCUT2D eigenvalue weighted by Gasteiger charge is -2.07. The molecule has 4 N–H and O–H groups in total. The van der Waals surface area contributed by atoms with Crippen LogP contribution in [-0.2, 0) is 0 Å². The lowest BCUT2D eigenvalue weighted by molar-refractivity contribution is 0.414. The van der Waals surface area contributed by atoms with Gasteiger partial charge < -0.3 is 16.2 Å². The molecule has 6 heteroatoms. The molecular weight excluding hydrogens is 228 g/mol. The predicted octanol–water partition coefficient (Wildman–Crippen LogP) is 1.35. The molecule has 0 aliphatic carbocycles. The molecule has 0 atom stereocenters. The fourth-order valence-corrected chi connectivity index (χ4v) is 1.32. The van der Waals surface area contributed by atoms with E-state index in [1.807, 2.05) is 0 Å². The zero-order valence-electron chi connectivity index (χ0n) is 9.07. The molecule has 5 nitrogen and oxygen atoms in total. The van der Waals surface area contributed by atoms with Gasteiger partial charge in [0.15, 0.2) is 0 Å². The van der Waals surface area contributed by atoms with Crippen LogP contribution in [0.25, 0.3) is 0 Å². The topological polar surface area (TPSA) is 86.0 Å². The Morgan fingerprint density at radius 3 is 2.56 bits per heavy atom. The second kappa shape index (κ2) is 5.37. The first-order valence-electron chi connectivity index (χ1n) is 4.51. The van der Waals surface area contributed by atoms with Crippen LogP contribution in [0.4, 0.5) is 0 Å². The first kappa shape index (κ1) is 12.3. The summed E-state index contributed by atoms with van der Waals surface area (Å²) in [5.41, 5.74) is 11.7. The summed E-state index contributed by atoms with van der Waals surface area (Å²) in [5.74, 6) is 0.566. The third-order valence-corrected chi connectivity index (χ3v) is 2.10. The lowest BCUT2D eigenvalue weighted by Crippen LogP contribution is -2.22. The van der Waals surface area contributed by atoms with Crippen molar-refractivity contribution < 1.29 is 4.74 Å². The molecule has 16 heavy (non-hydrogen) atoms. The summed E-state index contributed by atoms with van der Waals surface area (Å²) < 4.78 is 5.18. The minimum atomic E-state index is -0.0969. The molecule has 0 saturated heterocycles. The molecule has 1 aromatic rings. The van der Waals surface area contributed by atoms with Crippen molar-refractivity contribution in [2.45, 2.75) is 6.92 Å². The van der Waals surface area contributed by atoms with Gasteiger partial charge in [-0.15, -0.1) is 5.10 Å². The Morgan fingerprint density at radius 1 is 1.31 bits per heavy atom. The van der Waals surface area contributed by atoms with Crippen molar-refractivity contribution in [3.8, 4) is 5.75 Å². The van der Waals surface area contributed by atoms with Gasteiger partial charge >= 0.3 is 0 Å². The zero-order chi connectivity index (χ0) is 12.1. The van der Waals surface area contributed by atoms with Crippen molar-refractivity contribution >= 4 is 23.3 Å². The van der Waals surface area contributed by atoms with Crippen LogP contribution in [0.5, 0.6) is 5.75 Å². The maximum atomic E-state index is 5.88. The molecular formula is C10H13ClN4O. The van der Waals surface area contributed by atoms with E-state index < -0.39 is 0 Å². The second-order valence-corrected chi connectivity index (χ2v) is 3.49. The number of halogens is 1. The highest BCUT2D eigenvalue weighted by Crippen LogP contribution is 2.23. The first-order valence-corrected chi connectivity index (χ1v) is 4.89. The molecule has 0 bridgehead atoms. The van der Waals surface area contributed by atoms with E-state index in [9.17, 15) is 0 Å². The van der Waals surface area contributed by atoms with E-state index in [0.717, 1.165) is 5.56 Å². The smallest absolute Gasteiger partial charge is 0.211 e. The Balaban J connectivity index is 3.16. The van der Waals surface area contributed by atoms with Gasteiger partial charge in [-0.05, 0) is 25.1 Å².